The molecule has 0 spiro atoms. The molecule has 2 aromatic carbocycles. The molecule has 118 valence electrons. The van der Waals surface area contributed by atoms with Crippen LogP contribution in [0, 0.1) is 0 Å². The molecule has 0 radical (unpaired) electrons. The summed E-state index contributed by atoms with van der Waals surface area (Å²) in [6, 6.07) is 17.7. The number of hydrogen-bond acceptors (Lipinski definition) is 3. The second-order valence-electron chi connectivity index (χ2n) is 5.57. The second kappa shape index (κ2) is 5.92. The number of carbonyl (C=O) groups is 1. The van der Waals surface area contributed by atoms with Crippen LogP contribution in [-0.2, 0) is 11.8 Å². The smallest absolute Gasteiger partial charge is 0.270 e. The van der Waals surface area contributed by atoms with Crippen molar-refractivity contribution in [2.24, 2.45) is 7.05 Å². The quantitative estimate of drug-likeness (QED) is 0.499. The Morgan fingerprint density at radius 3 is 2.54 bits per heavy atom. The minimum absolute atomic E-state index is 0.0656. The Kier molecular flexibility index (Phi) is 3.75. The maximum absolute atomic E-state index is 12.8. The summed E-state index contributed by atoms with van der Waals surface area (Å²) in [6.07, 6.45) is 3.98. The summed E-state index contributed by atoms with van der Waals surface area (Å²) in [5.41, 5.74) is 2.98. The molecule has 0 saturated carbocycles. The fraction of sp³-hybridized carbons (Fsp3) is 0.0526. The van der Waals surface area contributed by atoms with E-state index < -0.39 is 0 Å². The molecule has 0 unspecified atom stereocenters. The average Bonchev–Trinajstić information content (AvgIpc) is 3.06. The third kappa shape index (κ3) is 2.46. The molecule has 3 aromatic rings. The summed E-state index contributed by atoms with van der Waals surface area (Å²) in [6.45, 7) is 0. The van der Waals surface area contributed by atoms with Crippen molar-refractivity contribution in [3.63, 3.8) is 0 Å². The topological polar surface area (TPSA) is 25.2 Å². The van der Waals surface area contributed by atoms with Crippen LogP contribution in [0.4, 0.5) is 5.69 Å². The first kappa shape index (κ1) is 15.2. The van der Waals surface area contributed by atoms with Crippen LogP contribution in [0.3, 0.4) is 0 Å². The molecule has 1 aliphatic heterocycles. The number of fused-ring (bicyclic) bond motifs is 1. The number of thiocarbonyl (C=S) groups is 1. The summed E-state index contributed by atoms with van der Waals surface area (Å²) in [5.74, 6) is -0.0656. The molecule has 3 nitrogen and oxygen atoms in total. The average molecular weight is 350 g/mol. The summed E-state index contributed by atoms with van der Waals surface area (Å²) in [4.78, 5) is 15.1. The molecule has 0 atom stereocenters. The van der Waals surface area contributed by atoms with E-state index in [1.54, 1.807) is 4.90 Å². The summed E-state index contributed by atoms with van der Waals surface area (Å²) in [5, 5.41) is 1.13. The predicted molar refractivity (Wildman–Crippen MR) is 105 cm³/mol. The van der Waals surface area contributed by atoms with Gasteiger partial charge in [-0.3, -0.25) is 9.69 Å². The molecule has 1 amide bonds. The van der Waals surface area contributed by atoms with Crippen molar-refractivity contribution in [1.82, 2.24) is 4.57 Å². The van der Waals surface area contributed by atoms with Gasteiger partial charge in [-0.25, -0.2) is 0 Å². The number of hydrogen-bond donors (Lipinski definition) is 0. The van der Waals surface area contributed by atoms with Crippen molar-refractivity contribution < 1.29 is 4.79 Å². The van der Waals surface area contributed by atoms with Crippen LogP contribution < -0.4 is 4.90 Å². The van der Waals surface area contributed by atoms with Crippen molar-refractivity contribution in [3.8, 4) is 0 Å². The van der Waals surface area contributed by atoms with Gasteiger partial charge in [0, 0.05) is 29.7 Å². The number of rotatable bonds is 2. The maximum Gasteiger partial charge on any atom is 0.270 e. The van der Waals surface area contributed by atoms with E-state index in [0.29, 0.717) is 9.23 Å². The fourth-order valence-corrected chi connectivity index (χ4v) is 4.19. The van der Waals surface area contributed by atoms with Gasteiger partial charge in [0.2, 0.25) is 0 Å². The Balaban J connectivity index is 1.76. The minimum Gasteiger partial charge on any atom is -0.350 e. The minimum atomic E-state index is -0.0656. The predicted octanol–water partition coefficient (Wildman–Crippen LogP) is 4.58. The van der Waals surface area contributed by atoms with Gasteiger partial charge in [-0.2, -0.15) is 0 Å². The van der Waals surface area contributed by atoms with Gasteiger partial charge >= 0.3 is 0 Å². The highest BCUT2D eigenvalue weighted by molar-refractivity contribution is 8.27. The summed E-state index contributed by atoms with van der Waals surface area (Å²) < 4.78 is 2.64. The van der Waals surface area contributed by atoms with Gasteiger partial charge in [0.1, 0.15) is 0 Å². The maximum atomic E-state index is 12.8. The highest BCUT2D eigenvalue weighted by Gasteiger charge is 2.33. The zero-order chi connectivity index (χ0) is 16.7. The Morgan fingerprint density at radius 1 is 1.04 bits per heavy atom. The van der Waals surface area contributed by atoms with Crippen molar-refractivity contribution in [2.75, 3.05) is 4.90 Å². The van der Waals surface area contributed by atoms with Crippen LogP contribution in [0.5, 0.6) is 0 Å². The van der Waals surface area contributed by atoms with Crippen molar-refractivity contribution in [1.29, 1.82) is 0 Å². The van der Waals surface area contributed by atoms with Crippen LogP contribution in [0.15, 0.2) is 65.7 Å². The van der Waals surface area contributed by atoms with E-state index in [2.05, 4.69) is 16.7 Å². The SMILES string of the molecule is Cn1cc(C=C2SC(=S)N(c3ccccc3)C2=O)c2ccccc21. The first-order valence-electron chi connectivity index (χ1n) is 7.52. The van der Waals surface area contributed by atoms with E-state index in [0.717, 1.165) is 22.2 Å². The van der Waals surface area contributed by atoms with Gasteiger partial charge in [-0.05, 0) is 24.3 Å². The lowest BCUT2D eigenvalue weighted by atomic mass is 10.1. The molecule has 2 heterocycles. The number of para-hydroxylation sites is 2. The van der Waals surface area contributed by atoms with Gasteiger partial charge in [0.25, 0.3) is 5.91 Å². The molecule has 1 aliphatic rings. The second-order valence-corrected chi connectivity index (χ2v) is 7.24. The Bertz CT molecular complexity index is 989. The van der Waals surface area contributed by atoms with E-state index in [9.17, 15) is 4.79 Å². The lowest BCUT2D eigenvalue weighted by molar-refractivity contribution is -0.113. The summed E-state index contributed by atoms with van der Waals surface area (Å²) >= 11 is 6.76. The van der Waals surface area contributed by atoms with Crippen LogP contribution in [0.2, 0.25) is 0 Å². The molecule has 0 N–H and O–H groups in total. The van der Waals surface area contributed by atoms with Crippen LogP contribution in [0.25, 0.3) is 17.0 Å². The standard InChI is InChI=1S/C19H14N2OS2/c1-20-12-13(15-9-5-6-10-16(15)20)11-17-18(22)21(19(23)24-17)14-7-3-2-4-8-14/h2-12H,1H3. The fourth-order valence-electron chi connectivity index (χ4n) is 2.90. The largest absolute Gasteiger partial charge is 0.350 e. The highest BCUT2D eigenvalue weighted by atomic mass is 32.2. The van der Waals surface area contributed by atoms with Crippen LogP contribution in [-0.4, -0.2) is 14.8 Å². The molecule has 5 heteroatoms. The highest BCUT2D eigenvalue weighted by Crippen LogP contribution is 2.36. The van der Waals surface area contributed by atoms with E-state index >= 15 is 0 Å². The van der Waals surface area contributed by atoms with Crippen molar-refractivity contribution in [2.45, 2.75) is 0 Å². The van der Waals surface area contributed by atoms with Gasteiger partial charge < -0.3 is 4.57 Å². The van der Waals surface area contributed by atoms with E-state index in [-0.39, 0.29) is 5.91 Å². The van der Waals surface area contributed by atoms with Gasteiger partial charge in [-0.1, -0.05) is 60.4 Å². The Morgan fingerprint density at radius 2 is 1.75 bits per heavy atom. The number of thioether (sulfide) groups is 1. The molecule has 24 heavy (non-hydrogen) atoms. The van der Waals surface area contributed by atoms with Crippen LogP contribution >= 0.6 is 24.0 Å². The number of nitrogens with zero attached hydrogens (tertiary/aromatic N) is 2. The lowest BCUT2D eigenvalue weighted by Gasteiger charge is -2.13. The normalized spacial score (nSPS) is 16.5. The molecular formula is C19H14N2OS2. The van der Waals surface area contributed by atoms with E-state index in [1.807, 2.05) is 61.8 Å². The van der Waals surface area contributed by atoms with E-state index in [4.69, 9.17) is 12.2 Å². The van der Waals surface area contributed by atoms with Crippen LogP contribution in [0.1, 0.15) is 5.56 Å². The third-order valence-electron chi connectivity index (χ3n) is 4.02. The molecule has 4 rings (SSSR count). The molecule has 1 fully saturated rings. The molecule has 0 bridgehead atoms. The van der Waals surface area contributed by atoms with Gasteiger partial charge in [0.15, 0.2) is 4.32 Å². The lowest BCUT2D eigenvalue weighted by Crippen LogP contribution is -2.27. The first-order valence-corrected chi connectivity index (χ1v) is 8.75. The Hall–Kier alpha value is -2.37. The third-order valence-corrected chi connectivity index (χ3v) is 5.32. The number of aryl methyl sites for hydroxylation is 1. The van der Waals surface area contributed by atoms with Crippen molar-refractivity contribution >= 4 is 56.9 Å². The first-order chi connectivity index (χ1) is 11.6. The molecular weight excluding hydrogens is 336 g/mol. The number of benzene rings is 2. The zero-order valence-electron chi connectivity index (χ0n) is 13.0. The molecule has 1 aromatic heterocycles. The number of anilines is 1. The van der Waals surface area contributed by atoms with Crippen molar-refractivity contribution in [3.05, 3.63) is 71.3 Å². The zero-order valence-corrected chi connectivity index (χ0v) is 14.6. The van der Waals surface area contributed by atoms with E-state index in [1.165, 1.54) is 11.8 Å². The number of carbonyl (C=O) groups excluding carboxylic acids is 1. The summed E-state index contributed by atoms with van der Waals surface area (Å²) in [7, 11) is 2.01. The molecule has 0 aliphatic carbocycles. The molecule has 1 saturated heterocycles. The van der Waals surface area contributed by atoms with Gasteiger partial charge in [-0.15, -0.1) is 0 Å². The number of aromatic nitrogens is 1. The number of amides is 1. The monoisotopic (exact) mass is 350 g/mol. The van der Waals surface area contributed by atoms with Gasteiger partial charge in [0.05, 0.1) is 10.6 Å². The Labute approximate surface area is 149 Å².